The number of nitrogens with one attached hydrogen (secondary N) is 2. The van der Waals surface area contributed by atoms with Crippen LogP contribution in [0.15, 0.2) is 43.0 Å². The maximum atomic E-state index is 13.4. The van der Waals surface area contributed by atoms with Gasteiger partial charge in [-0.1, -0.05) is 56.7 Å². The molecule has 6 nitrogen and oxygen atoms in total. The van der Waals surface area contributed by atoms with Gasteiger partial charge >= 0.3 is 5.97 Å². The standard InChI is InChI=1S/C21H34BN3O3/c1-5-14-21(15-22-25-23,16(3)6-2)20(27)24-18(19(26)28-4)13-12-17-10-8-7-9-11-17/h5,7-11,16,18,22,25H,1,6,12-15,23H2,2-4H3,(H,24,27)/t16?,18?,21-/m0/s1. The third-order valence-electron chi connectivity index (χ3n) is 5.59. The molecule has 0 aliphatic heterocycles. The molecule has 0 saturated carbocycles. The molecule has 154 valence electrons. The molecule has 1 aromatic carbocycles. The van der Waals surface area contributed by atoms with Gasteiger partial charge in [0.1, 0.15) is 6.04 Å². The van der Waals surface area contributed by atoms with Crippen molar-refractivity contribution in [3.63, 3.8) is 0 Å². The summed E-state index contributed by atoms with van der Waals surface area (Å²) in [5.41, 5.74) is 0.430. The Balaban J connectivity index is 3.02. The van der Waals surface area contributed by atoms with Crippen LogP contribution in [0.2, 0.25) is 6.32 Å². The molecule has 0 saturated heterocycles. The number of methoxy groups -OCH3 is 1. The van der Waals surface area contributed by atoms with Gasteiger partial charge in [-0.05, 0) is 37.1 Å². The maximum Gasteiger partial charge on any atom is 0.328 e. The Labute approximate surface area is 169 Å². The number of ether oxygens (including phenoxy) is 1. The third kappa shape index (κ3) is 6.50. The van der Waals surface area contributed by atoms with Gasteiger partial charge in [0.2, 0.25) is 13.3 Å². The smallest absolute Gasteiger partial charge is 0.328 e. The Bertz CT molecular complexity index is 627. The van der Waals surface area contributed by atoms with E-state index < -0.39 is 17.4 Å². The highest BCUT2D eigenvalue weighted by Crippen LogP contribution is 2.38. The van der Waals surface area contributed by atoms with E-state index in [-0.39, 0.29) is 11.8 Å². The van der Waals surface area contributed by atoms with Crippen LogP contribution < -0.4 is 16.5 Å². The fourth-order valence-corrected chi connectivity index (χ4v) is 3.57. The highest BCUT2D eigenvalue weighted by atomic mass is 16.5. The first kappa shape index (κ1) is 23.9. The number of esters is 1. The second-order valence-electron chi connectivity index (χ2n) is 7.24. The van der Waals surface area contributed by atoms with Crippen LogP contribution in [0, 0.1) is 11.3 Å². The van der Waals surface area contributed by atoms with Gasteiger partial charge in [-0.2, -0.15) is 0 Å². The Kier molecular flexibility index (Phi) is 10.6. The van der Waals surface area contributed by atoms with Crippen LogP contribution in [-0.2, 0) is 20.7 Å². The van der Waals surface area contributed by atoms with E-state index >= 15 is 0 Å². The molecule has 0 bridgehead atoms. The molecule has 1 rings (SSSR count). The number of hydrogen-bond acceptors (Lipinski definition) is 5. The lowest BCUT2D eigenvalue weighted by Crippen LogP contribution is -2.52. The molecule has 0 aliphatic carbocycles. The molecular formula is C21H34BN3O3. The van der Waals surface area contributed by atoms with Crippen molar-refractivity contribution >= 4 is 19.3 Å². The second-order valence-corrected chi connectivity index (χ2v) is 7.24. The Hall–Kier alpha value is -2.12. The summed E-state index contributed by atoms with van der Waals surface area (Å²) in [6.07, 6.45) is 4.81. The van der Waals surface area contributed by atoms with Crippen molar-refractivity contribution in [1.29, 1.82) is 0 Å². The first-order chi connectivity index (χ1) is 13.4. The predicted molar refractivity (Wildman–Crippen MR) is 115 cm³/mol. The topological polar surface area (TPSA) is 93.5 Å². The van der Waals surface area contributed by atoms with E-state index in [0.29, 0.717) is 33.0 Å². The van der Waals surface area contributed by atoms with Crippen LogP contribution in [0.5, 0.6) is 0 Å². The average Bonchev–Trinajstić information content (AvgIpc) is 2.73. The first-order valence-corrected chi connectivity index (χ1v) is 9.92. The third-order valence-corrected chi connectivity index (χ3v) is 5.59. The Morgan fingerprint density at radius 3 is 2.57 bits per heavy atom. The average molecular weight is 387 g/mol. The zero-order valence-corrected chi connectivity index (χ0v) is 17.4. The van der Waals surface area contributed by atoms with E-state index in [1.807, 2.05) is 30.3 Å². The quantitative estimate of drug-likeness (QED) is 0.159. The number of carbonyl (C=O) groups is 2. The number of hydrazine groups is 1. The minimum atomic E-state index is -0.697. The first-order valence-electron chi connectivity index (χ1n) is 9.92. The summed E-state index contributed by atoms with van der Waals surface area (Å²) in [4.78, 5) is 25.7. The van der Waals surface area contributed by atoms with Crippen molar-refractivity contribution in [3.05, 3.63) is 48.6 Å². The van der Waals surface area contributed by atoms with Crippen molar-refractivity contribution in [2.75, 3.05) is 7.11 Å². The van der Waals surface area contributed by atoms with Gasteiger partial charge in [0.15, 0.2) is 0 Å². The van der Waals surface area contributed by atoms with Crippen molar-refractivity contribution in [1.82, 2.24) is 10.7 Å². The van der Waals surface area contributed by atoms with E-state index in [4.69, 9.17) is 10.6 Å². The molecule has 0 spiro atoms. The van der Waals surface area contributed by atoms with E-state index in [1.54, 1.807) is 6.08 Å². The normalized spacial score (nSPS) is 15.0. The van der Waals surface area contributed by atoms with Gasteiger partial charge < -0.3 is 15.4 Å². The summed E-state index contributed by atoms with van der Waals surface area (Å²) < 4.78 is 4.94. The van der Waals surface area contributed by atoms with Crippen LogP contribution in [0.3, 0.4) is 0 Å². The maximum absolute atomic E-state index is 13.4. The molecule has 4 N–H and O–H groups in total. The second kappa shape index (κ2) is 12.4. The summed E-state index contributed by atoms with van der Waals surface area (Å²) in [7, 11) is 1.84. The molecule has 0 radical (unpaired) electrons. The fraction of sp³-hybridized carbons (Fsp3) is 0.524. The zero-order chi connectivity index (χ0) is 21.0. The van der Waals surface area contributed by atoms with Crippen molar-refractivity contribution in [2.24, 2.45) is 17.2 Å². The molecule has 1 aromatic rings. The molecule has 0 aromatic heterocycles. The van der Waals surface area contributed by atoms with Gasteiger partial charge in [-0.25, -0.2) is 4.79 Å². The molecule has 28 heavy (non-hydrogen) atoms. The fourth-order valence-electron chi connectivity index (χ4n) is 3.57. The zero-order valence-electron chi connectivity index (χ0n) is 17.4. The monoisotopic (exact) mass is 387 g/mol. The highest BCUT2D eigenvalue weighted by Gasteiger charge is 2.42. The van der Waals surface area contributed by atoms with Crippen LogP contribution in [0.1, 0.15) is 38.7 Å². The lowest BCUT2D eigenvalue weighted by molar-refractivity contribution is -0.147. The van der Waals surface area contributed by atoms with Gasteiger partial charge in [0.25, 0.3) is 0 Å². The van der Waals surface area contributed by atoms with Gasteiger partial charge in [-0.15, -0.1) is 6.58 Å². The van der Waals surface area contributed by atoms with Crippen LogP contribution in [0.4, 0.5) is 0 Å². The van der Waals surface area contributed by atoms with E-state index in [9.17, 15) is 9.59 Å². The molecule has 0 heterocycles. The molecule has 2 unspecified atom stereocenters. The summed E-state index contributed by atoms with van der Waals surface area (Å²) >= 11 is 0. The Morgan fingerprint density at radius 1 is 1.36 bits per heavy atom. The minimum absolute atomic E-state index is 0.103. The SMILES string of the molecule is C=CC[C@@](CBNN)(C(=O)NC(CCc1ccccc1)C(=O)OC)C(C)CC. The van der Waals surface area contributed by atoms with Gasteiger partial charge in [-0.3, -0.25) is 10.6 Å². The van der Waals surface area contributed by atoms with Crippen molar-refractivity contribution in [2.45, 2.75) is 51.9 Å². The predicted octanol–water partition coefficient (Wildman–Crippen LogP) is 2.12. The summed E-state index contributed by atoms with van der Waals surface area (Å²) in [5.74, 6) is 4.99. The summed E-state index contributed by atoms with van der Waals surface area (Å²) in [6, 6.07) is 9.17. The number of carbonyl (C=O) groups excluding carboxylic acids is 2. The van der Waals surface area contributed by atoms with Crippen molar-refractivity contribution < 1.29 is 14.3 Å². The van der Waals surface area contributed by atoms with Gasteiger partial charge in [0, 0.05) is 5.41 Å². The molecule has 0 fully saturated rings. The number of hydrogen-bond donors (Lipinski definition) is 3. The van der Waals surface area contributed by atoms with Crippen LogP contribution in [-0.4, -0.2) is 32.4 Å². The number of aryl methyl sites for hydroxylation is 1. The van der Waals surface area contributed by atoms with Gasteiger partial charge in [0.05, 0.1) is 7.11 Å². The van der Waals surface area contributed by atoms with E-state index in [2.05, 4.69) is 31.1 Å². The van der Waals surface area contributed by atoms with Crippen LogP contribution in [0.25, 0.3) is 0 Å². The lowest BCUT2D eigenvalue weighted by atomic mass is 9.61. The largest absolute Gasteiger partial charge is 0.467 e. The lowest BCUT2D eigenvalue weighted by Gasteiger charge is -2.38. The molecule has 1 amide bonds. The molecule has 3 atom stereocenters. The minimum Gasteiger partial charge on any atom is -0.467 e. The molecule has 7 heteroatoms. The number of allylic oxidation sites excluding steroid dienone is 1. The summed E-state index contributed by atoms with van der Waals surface area (Å²) in [5, 5.41) is 5.60. The molecule has 0 aliphatic rings. The summed E-state index contributed by atoms with van der Waals surface area (Å²) in [6.45, 7) is 7.94. The number of rotatable bonds is 13. The van der Waals surface area contributed by atoms with E-state index in [0.717, 1.165) is 12.0 Å². The van der Waals surface area contributed by atoms with Crippen LogP contribution >= 0.6 is 0 Å². The number of nitrogens with two attached hydrogens (primary N) is 1. The molecular weight excluding hydrogens is 353 g/mol. The Morgan fingerprint density at radius 2 is 2.04 bits per heavy atom. The number of amides is 1. The van der Waals surface area contributed by atoms with E-state index in [1.165, 1.54) is 7.11 Å². The van der Waals surface area contributed by atoms with Crippen molar-refractivity contribution in [3.8, 4) is 0 Å². The highest BCUT2D eigenvalue weighted by molar-refractivity contribution is 6.33. The number of benzene rings is 1.